The van der Waals surface area contributed by atoms with E-state index in [-0.39, 0.29) is 16.3 Å². The van der Waals surface area contributed by atoms with Gasteiger partial charge in [0.1, 0.15) is 11.9 Å². The van der Waals surface area contributed by atoms with Crippen molar-refractivity contribution in [3.8, 4) is 0 Å². The molecule has 0 spiro atoms. The Bertz CT molecular complexity index is 427. The van der Waals surface area contributed by atoms with Crippen LogP contribution in [0.1, 0.15) is 11.7 Å². The van der Waals surface area contributed by atoms with Gasteiger partial charge in [-0.25, -0.2) is 4.39 Å². The minimum atomic E-state index is -1.87. The van der Waals surface area contributed by atoms with Crippen LogP contribution < -0.4 is 11.5 Å². The van der Waals surface area contributed by atoms with Crippen molar-refractivity contribution in [1.29, 1.82) is 0 Å². The number of carbonyl (C=O) groups is 1. The van der Waals surface area contributed by atoms with Gasteiger partial charge in [0, 0.05) is 5.56 Å². The summed E-state index contributed by atoms with van der Waals surface area (Å²) in [5, 5.41) is 18.6. The fourth-order valence-corrected chi connectivity index (χ4v) is 1.39. The summed E-state index contributed by atoms with van der Waals surface area (Å²) in [5.74, 6) is -1.89. The minimum Gasteiger partial charge on any atom is -0.397 e. The Morgan fingerprint density at radius 3 is 2.50 bits per heavy atom. The first-order chi connectivity index (χ1) is 7.34. The van der Waals surface area contributed by atoms with Crippen LogP contribution in [0.5, 0.6) is 0 Å². The molecule has 88 valence electrons. The third kappa shape index (κ3) is 2.41. The topological polar surface area (TPSA) is 110 Å². The second kappa shape index (κ2) is 4.65. The van der Waals surface area contributed by atoms with Crippen molar-refractivity contribution in [1.82, 2.24) is 0 Å². The maximum absolute atomic E-state index is 13.0. The van der Waals surface area contributed by atoms with Crippen LogP contribution in [0.15, 0.2) is 12.1 Å². The van der Waals surface area contributed by atoms with E-state index in [0.717, 1.165) is 12.1 Å². The zero-order valence-corrected chi connectivity index (χ0v) is 8.78. The van der Waals surface area contributed by atoms with Crippen LogP contribution in [0, 0.1) is 5.82 Å². The quantitative estimate of drug-likeness (QED) is 0.562. The molecular weight excluding hydrogens is 239 g/mol. The van der Waals surface area contributed by atoms with Gasteiger partial charge < -0.3 is 21.7 Å². The summed E-state index contributed by atoms with van der Waals surface area (Å²) in [4.78, 5) is 10.6. The zero-order chi connectivity index (χ0) is 12.5. The van der Waals surface area contributed by atoms with Crippen LogP contribution in [0.2, 0.25) is 5.02 Å². The minimum absolute atomic E-state index is 0.115. The third-order valence-electron chi connectivity index (χ3n) is 2.04. The van der Waals surface area contributed by atoms with Crippen molar-refractivity contribution in [3.63, 3.8) is 0 Å². The van der Waals surface area contributed by atoms with Crippen LogP contribution in [0.3, 0.4) is 0 Å². The van der Waals surface area contributed by atoms with Crippen molar-refractivity contribution < 1.29 is 19.4 Å². The van der Waals surface area contributed by atoms with E-state index in [2.05, 4.69) is 0 Å². The number of nitrogens with two attached hydrogens (primary N) is 2. The lowest BCUT2D eigenvalue weighted by Gasteiger charge is -2.17. The molecule has 0 radical (unpaired) electrons. The van der Waals surface area contributed by atoms with Gasteiger partial charge in [-0.05, 0) is 12.1 Å². The van der Waals surface area contributed by atoms with E-state index >= 15 is 0 Å². The molecule has 7 heteroatoms. The van der Waals surface area contributed by atoms with E-state index in [1.807, 2.05) is 0 Å². The number of benzene rings is 1. The first-order valence-electron chi connectivity index (χ1n) is 4.24. The molecule has 0 fully saturated rings. The predicted octanol–water partition coefficient (Wildman–Crippen LogP) is -0.0591. The number of anilines is 1. The monoisotopic (exact) mass is 248 g/mol. The largest absolute Gasteiger partial charge is 0.397 e. The van der Waals surface area contributed by atoms with Gasteiger partial charge >= 0.3 is 0 Å². The fraction of sp³-hybridized carbons (Fsp3) is 0.222. The highest BCUT2D eigenvalue weighted by molar-refractivity contribution is 6.33. The first kappa shape index (κ1) is 12.7. The maximum atomic E-state index is 13.0. The zero-order valence-electron chi connectivity index (χ0n) is 8.02. The lowest BCUT2D eigenvalue weighted by atomic mass is 10.0. The second-order valence-electron chi connectivity index (χ2n) is 3.18. The molecule has 0 bridgehead atoms. The molecule has 2 unspecified atom stereocenters. The average molecular weight is 249 g/mol. The summed E-state index contributed by atoms with van der Waals surface area (Å²) in [6, 6.07) is 1.82. The van der Waals surface area contributed by atoms with Crippen molar-refractivity contribution in [2.24, 2.45) is 5.73 Å². The standard InChI is InChI=1S/C9H10ClFN2O3/c10-5-2-3(11)1-4(6(5)12)7(14)8(15)9(13)16/h1-2,7-8,14-15H,12H2,(H2,13,16). The summed E-state index contributed by atoms with van der Waals surface area (Å²) in [6.45, 7) is 0. The number of hydrogen-bond acceptors (Lipinski definition) is 4. The highest BCUT2D eigenvalue weighted by Gasteiger charge is 2.26. The van der Waals surface area contributed by atoms with Gasteiger partial charge in [-0.1, -0.05) is 11.6 Å². The van der Waals surface area contributed by atoms with E-state index in [1.165, 1.54) is 0 Å². The van der Waals surface area contributed by atoms with Crippen LogP contribution in [-0.4, -0.2) is 22.2 Å². The summed E-state index contributed by atoms with van der Waals surface area (Å²) in [6.07, 6.45) is -3.59. The molecule has 0 saturated carbocycles. The van der Waals surface area contributed by atoms with Crippen molar-refractivity contribution >= 4 is 23.2 Å². The number of rotatable bonds is 3. The fourth-order valence-electron chi connectivity index (χ4n) is 1.18. The molecule has 0 aliphatic rings. The van der Waals surface area contributed by atoms with E-state index in [4.69, 9.17) is 23.1 Å². The molecule has 6 N–H and O–H groups in total. The number of carbonyl (C=O) groups excluding carboxylic acids is 1. The van der Waals surface area contributed by atoms with E-state index < -0.39 is 23.9 Å². The van der Waals surface area contributed by atoms with Gasteiger partial charge in [-0.2, -0.15) is 0 Å². The lowest BCUT2D eigenvalue weighted by molar-refractivity contribution is -0.131. The SMILES string of the molecule is NC(=O)C(O)C(O)c1cc(F)cc(Cl)c1N. The normalized spacial score (nSPS) is 14.5. The summed E-state index contributed by atoms with van der Waals surface area (Å²) in [5.41, 5.74) is 9.95. The molecule has 1 aromatic rings. The van der Waals surface area contributed by atoms with Gasteiger partial charge in [0.25, 0.3) is 0 Å². The number of aliphatic hydroxyl groups excluding tert-OH is 2. The highest BCUT2D eigenvalue weighted by Crippen LogP contribution is 2.30. The number of halogens is 2. The molecule has 1 amide bonds. The molecule has 1 aromatic carbocycles. The molecule has 5 nitrogen and oxygen atoms in total. The molecule has 0 saturated heterocycles. The Labute approximate surface area is 95.4 Å². The van der Waals surface area contributed by atoms with Crippen LogP contribution in [0.25, 0.3) is 0 Å². The van der Waals surface area contributed by atoms with Gasteiger partial charge in [0.05, 0.1) is 10.7 Å². The van der Waals surface area contributed by atoms with Crippen molar-refractivity contribution in [2.45, 2.75) is 12.2 Å². The Balaban J connectivity index is 3.17. The van der Waals surface area contributed by atoms with Crippen LogP contribution in [-0.2, 0) is 4.79 Å². The highest BCUT2D eigenvalue weighted by atomic mass is 35.5. The second-order valence-corrected chi connectivity index (χ2v) is 3.59. The Hall–Kier alpha value is -1.37. The van der Waals surface area contributed by atoms with E-state index in [9.17, 15) is 19.4 Å². The van der Waals surface area contributed by atoms with Gasteiger partial charge in [-0.3, -0.25) is 4.79 Å². The number of hydrogen-bond donors (Lipinski definition) is 4. The molecule has 0 aliphatic heterocycles. The van der Waals surface area contributed by atoms with E-state index in [0.29, 0.717) is 0 Å². The van der Waals surface area contributed by atoms with E-state index in [1.54, 1.807) is 0 Å². The average Bonchev–Trinajstić information content (AvgIpc) is 2.21. The van der Waals surface area contributed by atoms with Gasteiger partial charge in [0.15, 0.2) is 6.10 Å². The number of nitrogen functional groups attached to an aromatic ring is 1. The van der Waals surface area contributed by atoms with Crippen LogP contribution >= 0.6 is 11.6 Å². The van der Waals surface area contributed by atoms with Gasteiger partial charge in [0.2, 0.25) is 5.91 Å². The smallest absolute Gasteiger partial charge is 0.249 e. The van der Waals surface area contributed by atoms with Gasteiger partial charge in [-0.15, -0.1) is 0 Å². The molecule has 0 aliphatic carbocycles. The number of aliphatic hydroxyl groups is 2. The third-order valence-corrected chi connectivity index (χ3v) is 2.35. The molecule has 0 heterocycles. The lowest BCUT2D eigenvalue weighted by Crippen LogP contribution is -2.34. The maximum Gasteiger partial charge on any atom is 0.249 e. The molecule has 2 atom stereocenters. The number of primary amides is 1. The molecule has 0 aromatic heterocycles. The Morgan fingerprint density at radius 1 is 1.44 bits per heavy atom. The van der Waals surface area contributed by atoms with Crippen LogP contribution in [0.4, 0.5) is 10.1 Å². The molecule has 1 rings (SSSR count). The Morgan fingerprint density at radius 2 is 2.00 bits per heavy atom. The summed E-state index contributed by atoms with van der Waals surface area (Å²) >= 11 is 5.57. The first-order valence-corrected chi connectivity index (χ1v) is 4.62. The summed E-state index contributed by atoms with van der Waals surface area (Å²) in [7, 11) is 0. The number of amides is 1. The van der Waals surface area contributed by atoms with Crippen molar-refractivity contribution in [2.75, 3.05) is 5.73 Å². The Kier molecular flexibility index (Phi) is 3.69. The summed E-state index contributed by atoms with van der Waals surface area (Å²) < 4.78 is 13.0. The predicted molar refractivity (Wildman–Crippen MR) is 56.0 cm³/mol. The molecule has 16 heavy (non-hydrogen) atoms. The van der Waals surface area contributed by atoms with Crippen molar-refractivity contribution in [3.05, 3.63) is 28.5 Å². The molecular formula is C9H10ClFN2O3.